The summed E-state index contributed by atoms with van der Waals surface area (Å²) in [7, 11) is -2.33. The van der Waals surface area contributed by atoms with E-state index in [0.29, 0.717) is 30.7 Å². The number of amides is 1. The van der Waals surface area contributed by atoms with Crippen LogP contribution in [0.5, 0.6) is 5.75 Å². The first kappa shape index (κ1) is 22.3. The topological polar surface area (TPSA) is 75.7 Å². The molecule has 2 aromatic rings. The minimum absolute atomic E-state index is 0.181. The molecule has 1 heterocycles. The summed E-state index contributed by atoms with van der Waals surface area (Å²) in [6.07, 6.45) is 1.14. The molecule has 0 aliphatic carbocycles. The van der Waals surface area contributed by atoms with Gasteiger partial charge in [0.15, 0.2) is 0 Å². The Morgan fingerprint density at radius 2 is 1.90 bits per heavy atom. The molecule has 0 bridgehead atoms. The first-order valence-corrected chi connectivity index (χ1v) is 11.7. The van der Waals surface area contributed by atoms with Gasteiger partial charge in [-0.15, -0.1) is 0 Å². The number of para-hydroxylation sites is 1. The van der Waals surface area contributed by atoms with Crippen LogP contribution in [0.1, 0.15) is 49.3 Å². The molecule has 0 unspecified atom stereocenters. The summed E-state index contributed by atoms with van der Waals surface area (Å²) in [6.45, 7) is 8.16. The van der Waals surface area contributed by atoms with Gasteiger partial charge in [0.25, 0.3) is 0 Å². The van der Waals surface area contributed by atoms with Gasteiger partial charge in [-0.3, -0.25) is 4.79 Å². The van der Waals surface area contributed by atoms with E-state index in [1.165, 1.54) is 17.5 Å². The van der Waals surface area contributed by atoms with Gasteiger partial charge in [-0.05, 0) is 55.4 Å². The van der Waals surface area contributed by atoms with Crippen LogP contribution >= 0.6 is 0 Å². The van der Waals surface area contributed by atoms with E-state index in [4.69, 9.17) is 4.74 Å². The van der Waals surface area contributed by atoms with Gasteiger partial charge in [-0.1, -0.05) is 38.1 Å². The van der Waals surface area contributed by atoms with Gasteiger partial charge >= 0.3 is 0 Å². The fourth-order valence-corrected chi connectivity index (χ4v) is 5.85. The Morgan fingerprint density at radius 1 is 1.17 bits per heavy atom. The number of methoxy groups -OCH3 is 1. The number of sulfonamides is 1. The Kier molecular flexibility index (Phi) is 6.53. The van der Waals surface area contributed by atoms with Crippen LogP contribution in [0.25, 0.3) is 0 Å². The average molecular weight is 431 g/mol. The van der Waals surface area contributed by atoms with Gasteiger partial charge in [0.05, 0.1) is 12.0 Å². The fraction of sp³-hybridized carbons (Fsp3) is 0.435. The van der Waals surface area contributed by atoms with Gasteiger partial charge in [0.2, 0.25) is 15.9 Å². The highest BCUT2D eigenvalue weighted by atomic mass is 32.2. The molecule has 1 N–H and O–H groups in total. The average Bonchev–Trinajstić information content (AvgIpc) is 3.20. The van der Waals surface area contributed by atoms with E-state index in [2.05, 4.69) is 19.2 Å². The zero-order valence-corrected chi connectivity index (χ0v) is 19.0. The van der Waals surface area contributed by atoms with Crippen LogP contribution in [0.4, 0.5) is 5.69 Å². The molecule has 2 aromatic carbocycles. The van der Waals surface area contributed by atoms with Crippen LogP contribution in [0, 0.1) is 13.8 Å². The Hall–Kier alpha value is -2.38. The van der Waals surface area contributed by atoms with Crippen LogP contribution in [0.2, 0.25) is 0 Å². The fourth-order valence-electron chi connectivity index (χ4n) is 3.95. The van der Waals surface area contributed by atoms with Crippen molar-refractivity contribution >= 4 is 21.6 Å². The zero-order valence-electron chi connectivity index (χ0n) is 18.2. The van der Waals surface area contributed by atoms with Crippen molar-refractivity contribution in [3.63, 3.8) is 0 Å². The maximum absolute atomic E-state index is 13.4. The van der Waals surface area contributed by atoms with Crippen molar-refractivity contribution < 1.29 is 17.9 Å². The number of carbonyl (C=O) groups excluding carboxylic acids is 1. The lowest BCUT2D eigenvalue weighted by Gasteiger charge is -2.25. The minimum atomic E-state index is -3.83. The summed E-state index contributed by atoms with van der Waals surface area (Å²) in [5, 5.41) is 3.02. The van der Waals surface area contributed by atoms with E-state index in [0.717, 1.165) is 16.8 Å². The second kappa shape index (κ2) is 8.78. The van der Waals surface area contributed by atoms with Crippen LogP contribution < -0.4 is 10.1 Å². The molecule has 1 atom stereocenters. The lowest BCUT2D eigenvalue weighted by molar-refractivity contribution is -0.119. The lowest BCUT2D eigenvalue weighted by atomic mass is 9.98. The van der Waals surface area contributed by atoms with E-state index in [1.807, 2.05) is 25.1 Å². The van der Waals surface area contributed by atoms with Gasteiger partial charge in [0, 0.05) is 18.3 Å². The van der Waals surface area contributed by atoms with E-state index in [9.17, 15) is 13.2 Å². The molecule has 0 aromatic heterocycles. The summed E-state index contributed by atoms with van der Waals surface area (Å²) in [5.41, 5.74) is 3.41. The second-order valence-corrected chi connectivity index (χ2v) is 9.95. The predicted octanol–water partition coefficient (Wildman–Crippen LogP) is 4.23. The third-order valence-corrected chi connectivity index (χ3v) is 7.71. The highest BCUT2D eigenvalue weighted by molar-refractivity contribution is 7.89. The van der Waals surface area contributed by atoms with E-state index < -0.39 is 16.1 Å². The standard InChI is InChI=1S/C23H30N2O4S/c1-15(2)19-9-6-8-17(4)22(19)24-23(26)20-10-7-13-25(20)30(27,28)21-14-18(29-5)12-11-16(21)3/h6,8-9,11-12,14-15,20H,7,10,13H2,1-5H3,(H,24,26)/t20-/m0/s1. The normalized spacial score (nSPS) is 17.3. The Balaban J connectivity index is 1.92. The lowest BCUT2D eigenvalue weighted by Crippen LogP contribution is -2.43. The molecule has 3 rings (SSSR count). The number of rotatable bonds is 6. The Bertz CT molecular complexity index is 1050. The number of anilines is 1. The van der Waals surface area contributed by atoms with Crippen LogP contribution in [-0.2, 0) is 14.8 Å². The number of aryl methyl sites for hydroxylation is 2. The number of nitrogens with zero attached hydrogens (tertiary/aromatic N) is 1. The molecule has 1 aliphatic rings. The Labute approximate surface area is 179 Å². The second-order valence-electron chi connectivity index (χ2n) is 8.09. The largest absolute Gasteiger partial charge is 0.497 e. The summed E-state index contributed by atoms with van der Waals surface area (Å²) >= 11 is 0. The molecule has 1 aliphatic heterocycles. The van der Waals surface area contributed by atoms with Gasteiger partial charge in [-0.25, -0.2) is 8.42 Å². The Morgan fingerprint density at radius 3 is 2.57 bits per heavy atom. The molecule has 30 heavy (non-hydrogen) atoms. The number of carbonyl (C=O) groups is 1. The SMILES string of the molecule is COc1ccc(C)c(S(=O)(=O)N2CCC[C@H]2C(=O)Nc2c(C)cccc2C(C)C)c1. The van der Waals surface area contributed by atoms with E-state index in [1.54, 1.807) is 19.1 Å². The molecule has 0 radical (unpaired) electrons. The van der Waals surface area contributed by atoms with E-state index >= 15 is 0 Å². The highest BCUT2D eigenvalue weighted by Gasteiger charge is 2.40. The molecule has 6 nitrogen and oxygen atoms in total. The molecule has 1 amide bonds. The number of hydrogen-bond acceptors (Lipinski definition) is 4. The molecular weight excluding hydrogens is 400 g/mol. The predicted molar refractivity (Wildman–Crippen MR) is 119 cm³/mol. The third-order valence-electron chi connectivity index (χ3n) is 5.66. The monoisotopic (exact) mass is 430 g/mol. The quantitative estimate of drug-likeness (QED) is 0.744. The van der Waals surface area contributed by atoms with Gasteiger partial charge in [0.1, 0.15) is 11.8 Å². The molecule has 7 heteroatoms. The van der Waals surface area contributed by atoms with Crippen molar-refractivity contribution in [2.45, 2.75) is 57.4 Å². The minimum Gasteiger partial charge on any atom is -0.497 e. The molecule has 1 saturated heterocycles. The van der Waals surface area contributed by atoms with Crippen molar-refractivity contribution in [2.75, 3.05) is 19.0 Å². The third kappa shape index (κ3) is 4.23. The molecule has 0 saturated carbocycles. The summed E-state index contributed by atoms with van der Waals surface area (Å²) in [5.74, 6) is 0.428. The highest BCUT2D eigenvalue weighted by Crippen LogP contribution is 2.32. The molecule has 162 valence electrons. The van der Waals surface area contributed by atoms with E-state index in [-0.39, 0.29) is 16.7 Å². The summed E-state index contributed by atoms with van der Waals surface area (Å²) < 4.78 is 33.4. The zero-order chi connectivity index (χ0) is 22.1. The first-order chi connectivity index (χ1) is 14.2. The van der Waals surface area contributed by atoms with Crippen molar-refractivity contribution in [3.05, 3.63) is 53.1 Å². The van der Waals surface area contributed by atoms with Crippen LogP contribution in [0.15, 0.2) is 41.3 Å². The van der Waals surface area contributed by atoms with Crippen molar-refractivity contribution in [3.8, 4) is 5.75 Å². The summed E-state index contributed by atoms with van der Waals surface area (Å²) in [4.78, 5) is 13.4. The van der Waals surface area contributed by atoms with Crippen molar-refractivity contribution in [1.82, 2.24) is 4.31 Å². The van der Waals surface area contributed by atoms with Crippen LogP contribution in [0.3, 0.4) is 0 Å². The van der Waals surface area contributed by atoms with Crippen molar-refractivity contribution in [1.29, 1.82) is 0 Å². The number of benzene rings is 2. The maximum Gasteiger partial charge on any atom is 0.244 e. The molecule has 1 fully saturated rings. The van der Waals surface area contributed by atoms with Gasteiger partial charge < -0.3 is 10.1 Å². The maximum atomic E-state index is 13.4. The number of hydrogen-bond donors (Lipinski definition) is 1. The first-order valence-electron chi connectivity index (χ1n) is 10.2. The molecule has 0 spiro atoms. The van der Waals surface area contributed by atoms with Gasteiger partial charge in [-0.2, -0.15) is 4.31 Å². The van der Waals surface area contributed by atoms with Crippen LogP contribution in [-0.4, -0.2) is 38.3 Å². The smallest absolute Gasteiger partial charge is 0.244 e. The number of nitrogens with one attached hydrogen (secondary N) is 1. The van der Waals surface area contributed by atoms with Crippen molar-refractivity contribution in [2.24, 2.45) is 0 Å². The number of ether oxygens (including phenoxy) is 1. The summed E-state index contributed by atoms with van der Waals surface area (Å²) in [6, 6.07) is 10.2. The molecular formula is C23H30N2O4S.